The van der Waals surface area contributed by atoms with Crippen molar-refractivity contribution in [1.29, 1.82) is 0 Å². The SMILES string of the molecule is CC(C)Cc1cc(-c2ccc3sc4ccccc4c3c2)ncn1. The van der Waals surface area contributed by atoms with E-state index in [4.69, 9.17) is 0 Å². The van der Waals surface area contributed by atoms with Gasteiger partial charge in [-0.15, -0.1) is 11.3 Å². The van der Waals surface area contributed by atoms with Crippen molar-refractivity contribution in [3.63, 3.8) is 0 Å². The summed E-state index contributed by atoms with van der Waals surface area (Å²) in [6.07, 6.45) is 2.67. The number of benzene rings is 2. The Bertz CT molecular complexity index is 985. The van der Waals surface area contributed by atoms with Gasteiger partial charge in [0.05, 0.1) is 5.69 Å². The maximum Gasteiger partial charge on any atom is 0.116 e. The standard InChI is InChI=1S/C20H18N2S/c1-13(2)9-15-11-18(22-12-21-15)14-7-8-20-17(10-14)16-5-3-4-6-19(16)23-20/h3-8,10-13H,9H2,1-2H3. The fourth-order valence-electron chi connectivity index (χ4n) is 2.97. The fraction of sp³-hybridized carbons (Fsp3) is 0.200. The molecule has 114 valence electrons. The molecule has 4 rings (SSSR count). The van der Waals surface area contributed by atoms with E-state index in [1.54, 1.807) is 6.33 Å². The number of hydrogen-bond donors (Lipinski definition) is 0. The Morgan fingerprint density at radius 3 is 2.61 bits per heavy atom. The molecule has 0 spiro atoms. The van der Waals surface area contributed by atoms with Gasteiger partial charge in [-0.25, -0.2) is 9.97 Å². The van der Waals surface area contributed by atoms with Gasteiger partial charge in [0.25, 0.3) is 0 Å². The fourth-order valence-corrected chi connectivity index (χ4v) is 4.06. The number of nitrogens with zero attached hydrogens (tertiary/aromatic N) is 2. The minimum atomic E-state index is 0.598. The quantitative estimate of drug-likeness (QED) is 0.483. The molecule has 2 heterocycles. The highest BCUT2D eigenvalue weighted by molar-refractivity contribution is 7.25. The summed E-state index contributed by atoms with van der Waals surface area (Å²) in [5.74, 6) is 0.598. The molecule has 0 bridgehead atoms. The third kappa shape index (κ3) is 2.73. The first-order valence-electron chi connectivity index (χ1n) is 7.93. The lowest BCUT2D eigenvalue weighted by Gasteiger charge is -2.06. The van der Waals surface area contributed by atoms with Crippen molar-refractivity contribution in [2.24, 2.45) is 5.92 Å². The van der Waals surface area contributed by atoms with E-state index in [2.05, 4.69) is 72.3 Å². The van der Waals surface area contributed by atoms with Gasteiger partial charge in [-0.05, 0) is 36.6 Å². The second-order valence-electron chi connectivity index (χ2n) is 6.30. The van der Waals surface area contributed by atoms with Gasteiger partial charge in [-0.1, -0.05) is 38.1 Å². The van der Waals surface area contributed by atoms with Crippen LogP contribution in [0.3, 0.4) is 0 Å². The van der Waals surface area contributed by atoms with Crippen molar-refractivity contribution < 1.29 is 0 Å². The normalized spacial score (nSPS) is 11.6. The molecule has 0 radical (unpaired) electrons. The van der Waals surface area contributed by atoms with Crippen LogP contribution in [0.4, 0.5) is 0 Å². The van der Waals surface area contributed by atoms with Crippen LogP contribution in [0.2, 0.25) is 0 Å². The largest absolute Gasteiger partial charge is 0.241 e. The summed E-state index contributed by atoms with van der Waals surface area (Å²) in [5, 5.41) is 2.64. The highest BCUT2D eigenvalue weighted by atomic mass is 32.1. The molecule has 2 nitrogen and oxygen atoms in total. The Labute approximate surface area is 139 Å². The van der Waals surface area contributed by atoms with Crippen LogP contribution in [-0.2, 0) is 6.42 Å². The van der Waals surface area contributed by atoms with Gasteiger partial charge in [0.2, 0.25) is 0 Å². The van der Waals surface area contributed by atoms with E-state index in [0.29, 0.717) is 5.92 Å². The van der Waals surface area contributed by atoms with Crippen molar-refractivity contribution in [2.75, 3.05) is 0 Å². The van der Waals surface area contributed by atoms with Gasteiger partial charge >= 0.3 is 0 Å². The first-order chi connectivity index (χ1) is 11.2. The molecule has 23 heavy (non-hydrogen) atoms. The molecule has 0 aliphatic carbocycles. The molecule has 4 aromatic rings. The van der Waals surface area contributed by atoms with Gasteiger partial charge in [-0.2, -0.15) is 0 Å². The van der Waals surface area contributed by atoms with E-state index < -0.39 is 0 Å². The predicted molar refractivity (Wildman–Crippen MR) is 98.9 cm³/mol. The van der Waals surface area contributed by atoms with Crippen LogP contribution in [0, 0.1) is 5.92 Å². The lowest BCUT2D eigenvalue weighted by molar-refractivity contribution is 0.634. The Morgan fingerprint density at radius 1 is 0.913 bits per heavy atom. The third-order valence-corrected chi connectivity index (χ3v) is 5.17. The average molecular weight is 318 g/mol. The molecule has 0 aliphatic heterocycles. The van der Waals surface area contributed by atoms with Crippen LogP contribution in [0.1, 0.15) is 19.5 Å². The molecule has 0 aliphatic rings. The summed E-state index contributed by atoms with van der Waals surface area (Å²) in [6, 6.07) is 17.3. The lowest BCUT2D eigenvalue weighted by Crippen LogP contribution is -1.98. The van der Waals surface area contributed by atoms with Gasteiger partial charge in [0.1, 0.15) is 6.33 Å². The Hall–Kier alpha value is -2.26. The summed E-state index contributed by atoms with van der Waals surface area (Å²) < 4.78 is 2.66. The van der Waals surface area contributed by atoms with Crippen LogP contribution in [0.15, 0.2) is 54.9 Å². The number of thiophene rings is 1. The lowest BCUT2D eigenvalue weighted by atomic mass is 10.0. The van der Waals surface area contributed by atoms with Crippen LogP contribution < -0.4 is 0 Å². The van der Waals surface area contributed by atoms with Crippen molar-refractivity contribution in [2.45, 2.75) is 20.3 Å². The predicted octanol–water partition coefficient (Wildman–Crippen LogP) is 5.71. The van der Waals surface area contributed by atoms with Gasteiger partial charge < -0.3 is 0 Å². The third-order valence-electron chi connectivity index (χ3n) is 4.01. The molecule has 0 fully saturated rings. The Kier molecular flexibility index (Phi) is 3.58. The first kappa shape index (κ1) is 14.3. The molecular formula is C20H18N2S. The van der Waals surface area contributed by atoms with E-state index >= 15 is 0 Å². The van der Waals surface area contributed by atoms with Crippen molar-refractivity contribution in [3.8, 4) is 11.3 Å². The molecule has 0 saturated carbocycles. The van der Waals surface area contributed by atoms with Crippen LogP contribution in [-0.4, -0.2) is 9.97 Å². The zero-order chi connectivity index (χ0) is 15.8. The van der Waals surface area contributed by atoms with Crippen molar-refractivity contribution in [1.82, 2.24) is 9.97 Å². The molecular weight excluding hydrogens is 300 g/mol. The van der Waals surface area contributed by atoms with Crippen molar-refractivity contribution >= 4 is 31.5 Å². The zero-order valence-corrected chi connectivity index (χ0v) is 14.1. The molecule has 0 atom stereocenters. The summed E-state index contributed by atoms with van der Waals surface area (Å²) >= 11 is 1.84. The summed E-state index contributed by atoms with van der Waals surface area (Å²) in [4.78, 5) is 8.88. The van der Waals surface area contributed by atoms with Gasteiger partial charge in [-0.3, -0.25) is 0 Å². The summed E-state index contributed by atoms with van der Waals surface area (Å²) in [7, 11) is 0. The van der Waals surface area contributed by atoms with E-state index in [0.717, 1.165) is 23.4 Å². The number of aromatic nitrogens is 2. The maximum absolute atomic E-state index is 4.48. The number of rotatable bonds is 3. The molecule has 0 amide bonds. The minimum Gasteiger partial charge on any atom is -0.241 e. The molecule has 2 aromatic carbocycles. The van der Waals surface area contributed by atoms with Crippen LogP contribution in [0.25, 0.3) is 31.4 Å². The Balaban J connectivity index is 1.84. The number of fused-ring (bicyclic) bond motifs is 3. The van der Waals surface area contributed by atoms with E-state index in [-0.39, 0.29) is 0 Å². The molecule has 0 saturated heterocycles. The molecule has 2 aromatic heterocycles. The Morgan fingerprint density at radius 2 is 1.74 bits per heavy atom. The average Bonchev–Trinajstić information content (AvgIpc) is 2.92. The molecule has 3 heteroatoms. The van der Waals surface area contributed by atoms with Crippen LogP contribution in [0.5, 0.6) is 0 Å². The van der Waals surface area contributed by atoms with E-state index in [9.17, 15) is 0 Å². The van der Waals surface area contributed by atoms with Gasteiger partial charge in [0, 0.05) is 31.4 Å². The number of hydrogen-bond acceptors (Lipinski definition) is 3. The van der Waals surface area contributed by atoms with E-state index in [1.165, 1.54) is 20.2 Å². The minimum absolute atomic E-state index is 0.598. The smallest absolute Gasteiger partial charge is 0.116 e. The van der Waals surface area contributed by atoms with Gasteiger partial charge in [0.15, 0.2) is 0 Å². The monoisotopic (exact) mass is 318 g/mol. The molecule has 0 unspecified atom stereocenters. The first-order valence-corrected chi connectivity index (χ1v) is 8.75. The molecule has 0 N–H and O–H groups in total. The topological polar surface area (TPSA) is 25.8 Å². The highest BCUT2D eigenvalue weighted by Gasteiger charge is 2.08. The maximum atomic E-state index is 4.48. The zero-order valence-electron chi connectivity index (χ0n) is 13.3. The second kappa shape index (κ2) is 5.74. The summed E-state index contributed by atoms with van der Waals surface area (Å²) in [6.45, 7) is 4.43. The second-order valence-corrected chi connectivity index (χ2v) is 7.39. The van der Waals surface area contributed by atoms with Crippen LogP contribution >= 0.6 is 11.3 Å². The van der Waals surface area contributed by atoms with Crippen molar-refractivity contribution in [3.05, 3.63) is 60.6 Å². The highest BCUT2D eigenvalue weighted by Crippen LogP contribution is 2.35. The van der Waals surface area contributed by atoms with E-state index in [1.807, 2.05) is 11.3 Å². The summed E-state index contributed by atoms with van der Waals surface area (Å²) in [5.41, 5.74) is 3.28.